The number of piperazine rings is 1. The van der Waals surface area contributed by atoms with Gasteiger partial charge >= 0.3 is 0 Å². The number of nitrogens with one attached hydrogen (secondary N) is 2. The second kappa shape index (κ2) is 4.97. The SMILES string of the molecule is CC1NCCNC1Cc1ccc(Cl)cc1. The van der Waals surface area contributed by atoms with Gasteiger partial charge in [-0.15, -0.1) is 0 Å². The summed E-state index contributed by atoms with van der Waals surface area (Å²) >= 11 is 5.86. The van der Waals surface area contributed by atoms with Crippen LogP contribution in [0.15, 0.2) is 24.3 Å². The molecule has 1 aromatic carbocycles. The molecule has 1 aliphatic rings. The molecule has 0 aromatic heterocycles. The Balaban J connectivity index is 1.98. The van der Waals surface area contributed by atoms with E-state index in [0.29, 0.717) is 12.1 Å². The number of hydrogen-bond donors (Lipinski definition) is 2. The van der Waals surface area contributed by atoms with Crippen molar-refractivity contribution in [3.63, 3.8) is 0 Å². The lowest BCUT2D eigenvalue weighted by Gasteiger charge is -2.31. The molecular formula is C12H17ClN2. The molecule has 2 unspecified atom stereocenters. The Morgan fingerprint density at radius 1 is 1.20 bits per heavy atom. The average molecular weight is 225 g/mol. The first-order valence-corrected chi connectivity index (χ1v) is 5.85. The highest BCUT2D eigenvalue weighted by Crippen LogP contribution is 2.12. The molecule has 0 spiro atoms. The third kappa shape index (κ3) is 2.94. The van der Waals surface area contributed by atoms with Crippen LogP contribution < -0.4 is 10.6 Å². The summed E-state index contributed by atoms with van der Waals surface area (Å²) in [6.07, 6.45) is 1.06. The van der Waals surface area contributed by atoms with E-state index < -0.39 is 0 Å². The van der Waals surface area contributed by atoms with Crippen LogP contribution in [0.2, 0.25) is 5.02 Å². The smallest absolute Gasteiger partial charge is 0.0406 e. The molecule has 3 heteroatoms. The van der Waals surface area contributed by atoms with Gasteiger partial charge in [-0.25, -0.2) is 0 Å². The zero-order valence-corrected chi connectivity index (χ0v) is 9.72. The van der Waals surface area contributed by atoms with E-state index in [9.17, 15) is 0 Å². The lowest BCUT2D eigenvalue weighted by molar-refractivity contribution is 0.337. The average Bonchev–Trinajstić information content (AvgIpc) is 2.25. The molecule has 1 aromatic rings. The first-order valence-electron chi connectivity index (χ1n) is 5.47. The fourth-order valence-electron chi connectivity index (χ4n) is 2.00. The number of benzene rings is 1. The maximum absolute atomic E-state index is 5.86. The monoisotopic (exact) mass is 224 g/mol. The van der Waals surface area contributed by atoms with Crippen molar-refractivity contribution >= 4 is 11.6 Å². The Hall–Kier alpha value is -0.570. The molecule has 1 saturated heterocycles. The maximum atomic E-state index is 5.86. The van der Waals surface area contributed by atoms with Crippen molar-refractivity contribution in [3.05, 3.63) is 34.9 Å². The standard InChI is InChI=1S/C12H17ClN2/c1-9-12(15-7-6-14-9)8-10-2-4-11(13)5-3-10/h2-5,9,12,14-15H,6-8H2,1H3. The topological polar surface area (TPSA) is 24.1 Å². The molecule has 82 valence electrons. The van der Waals surface area contributed by atoms with Crippen molar-refractivity contribution in [3.8, 4) is 0 Å². The van der Waals surface area contributed by atoms with Gasteiger partial charge in [0.2, 0.25) is 0 Å². The van der Waals surface area contributed by atoms with E-state index in [-0.39, 0.29) is 0 Å². The van der Waals surface area contributed by atoms with E-state index in [1.165, 1.54) is 5.56 Å². The molecule has 0 bridgehead atoms. The summed E-state index contributed by atoms with van der Waals surface area (Å²) in [6, 6.07) is 9.18. The summed E-state index contributed by atoms with van der Waals surface area (Å²) in [4.78, 5) is 0. The van der Waals surface area contributed by atoms with Gasteiger partial charge in [0.1, 0.15) is 0 Å². The Bertz CT molecular complexity index is 310. The molecule has 2 rings (SSSR count). The van der Waals surface area contributed by atoms with E-state index in [4.69, 9.17) is 11.6 Å². The van der Waals surface area contributed by atoms with Gasteiger partial charge in [0.15, 0.2) is 0 Å². The Morgan fingerprint density at radius 2 is 1.87 bits per heavy atom. The minimum atomic E-state index is 0.528. The zero-order valence-electron chi connectivity index (χ0n) is 8.96. The van der Waals surface area contributed by atoms with Gasteiger partial charge in [0.25, 0.3) is 0 Å². The van der Waals surface area contributed by atoms with E-state index in [1.54, 1.807) is 0 Å². The largest absolute Gasteiger partial charge is 0.311 e. The predicted molar refractivity (Wildman–Crippen MR) is 64.4 cm³/mol. The van der Waals surface area contributed by atoms with Gasteiger partial charge in [-0.3, -0.25) is 0 Å². The highest BCUT2D eigenvalue weighted by Gasteiger charge is 2.19. The zero-order chi connectivity index (χ0) is 10.7. The van der Waals surface area contributed by atoms with Crippen LogP contribution in [0.5, 0.6) is 0 Å². The molecule has 2 atom stereocenters. The molecular weight excluding hydrogens is 208 g/mol. The summed E-state index contributed by atoms with van der Waals surface area (Å²) in [6.45, 7) is 4.35. The molecule has 1 aliphatic heterocycles. The van der Waals surface area contributed by atoms with Crippen LogP contribution in [0, 0.1) is 0 Å². The molecule has 0 radical (unpaired) electrons. The van der Waals surface area contributed by atoms with E-state index in [0.717, 1.165) is 24.5 Å². The lowest BCUT2D eigenvalue weighted by atomic mass is 9.99. The summed E-state index contributed by atoms with van der Waals surface area (Å²) in [5.41, 5.74) is 1.34. The Labute approximate surface area is 96.0 Å². The summed E-state index contributed by atoms with van der Waals surface area (Å²) in [5, 5.41) is 7.82. The molecule has 2 nitrogen and oxygen atoms in total. The van der Waals surface area contributed by atoms with Crippen LogP contribution in [0.3, 0.4) is 0 Å². The van der Waals surface area contributed by atoms with E-state index >= 15 is 0 Å². The fraction of sp³-hybridized carbons (Fsp3) is 0.500. The molecule has 0 amide bonds. The van der Waals surface area contributed by atoms with Gasteiger partial charge < -0.3 is 10.6 Å². The number of halogens is 1. The van der Waals surface area contributed by atoms with Gasteiger partial charge in [-0.05, 0) is 31.0 Å². The van der Waals surface area contributed by atoms with E-state index in [1.807, 2.05) is 12.1 Å². The summed E-state index contributed by atoms with van der Waals surface area (Å²) in [7, 11) is 0. The van der Waals surface area contributed by atoms with Crippen molar-refractivity contribution in [1.29, 1.82) is 0 Å². The second-order valence-electron chi connectivity index (χ2n) is 4.13. The number of rotatable bonds is 2. The first-order chi connectivity index (χ1) is 7.25. The van der Waals surface area contributed by atoms with Gasteiger partial charge in [-0.2, -0.15) is 0 Å². The molecule has 1 fully saturated rings. The van der Waals surface area contributed by atoms with Gasteiger partial charge in [0, 0.05) is 30.2 Å². The van der Waals surface area contributed by atoms with Crippen molar-refractivity contribution < 1.29 is 0 Å². The van der Waals surface area contributed by atoms with Crippen molar-refractivity contribution in [2.24, 2.45) is 0 Å². The van der Waals surface area contributed by atoms with Crippen LogP contribution >= 0.6 is 11.6 Å². The van der Waals surface area contributed by atoms with Crippen molar-refractivity contribution in [1.82, 2.24) is 10.6 Å². The maximum Gasteiger partial charge on any atom is 0.0406 e. The van der Waals surface area contributed by atoms with Crippen LogP contribution in [0.25, 0.3) is 0 Å². The molecule has 0 saturated carbocycles. The first kappa shape index (κ1) is 10.9. The van der Waals surface area contributed by atoms with Crippen LogP contribution in [-0.4, -0.2) is 25.2 Å². The lowest BCUT2D eigenvalue weighted by Crippen LogP contribution is -2.55. The predicted octanol–water partition coefficient (Wildman–Crippen LogP) is 1.83. The quantitative estimate of drug-likeness (QED) is 0.801. The normalized spacial score (nSPS) is 26.5. The molecule has 1 heterocycles. The van der Waals surface area contributed by atoms with Crippen LogP contribution in [0.4, 0.5) is 0 Å². The second-order valence-corrected chi connectivity index (χ2v) is 4.57. The van der Waals surface area contributed by atoms with Gasteiger partial charge in [0.05, 0.1) is 0 Å². The van der Waals surface area contributed by atoms with Crippen LogP contribution in [0.1, 0.15) is 12.5 Å². The minimum absolute atomic E-state index is 0.528. The highest BCUT2D eigenvalue weighted by atomic mass is 35.5. The third-order valence-electron chi connectivity index (χ3n) is 2.97. The molecule has 2 N–H and O–H groups in total. The molecule has 15 heavy (non-hydrogen) atoms. The van der Waals surface area contributed by atoms with E-state index in [2.05, 4.69) is 29.7 Å². The van der Waals surface area contributed by atoms with Crippen molar-refractivity contribution in [2.75, 3.05) is 13.1 Å². The minimum Gasteiger partial charge on any atom is -0.311 e. The fourth-order valence-corrected chi connectivity index (χ4v) is 2.13. The Morgan fingerprint density at radius 3 is 2.53 bits per heavy atom. The van der Waals surface area contributed by atoms with Crippen LogP contribution in [-0.2, 0) is 6.42 Å². The summed E-state index contributed by atoms with van der Waals surface area (Å²) in [5.74, 6) is 0. The molecule has 0 aliphatic carbocycles. The summed E-state index contributed by atoms with van der Waals surface area (Å²) < 4.78 is 0. The highest BCUT2D eigenvalue weighted by molar-refractivity contribution is 6.30. The van der Waals surface area contributed by atoms with Crippen molar-refractivity contribution in [2.45, 2.75) is 25.4 Å². The number of hydrogen-bond acceptors (Lipinski definition) is 2. The Kier molecular flexibility index (Phi) is 3.62. The van der Waals surface area contributed by atoms with Gasteiger partial charge in [-0.1, -0.05) is 23.7 Å². The third-order valence-corrected chi connectivity index (χ3v) is 3.22.